The van der Waals surface area contributed by atoms with Crippen LogP contribution in [0, 0.1) is 23.7 Å². The van der Waals surface area contributed by atoms with E-state index in [1.807, 2.05) is 0 Å². The van der Waals surface area contributed by atoms with Crippen molar-refractivity contribution in [3.63, 3.8) is 0 Å². The minimum atomic E-state index is -2.04. The Kier molecular flexibility index (Phi) is 47.3. The first-order valence-corrected chi connectivity index (χ1v) is 45.9. The number of carbonyl (C=O) groups is 17. The Morgan fingerprint density at radius 2 is 0.826 bits per heavy atom. The number of aliphatic hydroxyl groups excluding tert-OH is 2. The van der Waals surface area contributed by atoms with Crippen LogP contribution in [0.1, 0.15) is 240 Å². The standard InChI is InChI=1S/C86H145N27O19/c1-47(2)40-59(78(128)112-86(5,6)82(132)111-68(48(3)115)80(130)104-56(28-18-36-99-85(94)95)70(120)102-57(30-31-66(87)117)73(123)101-54(26-16-34-97-83(90)91)71(121)105-58(69(89)119)41-50-20-10-7-11-21-50)106-77(127)63(45-67(88)118)110-76(126)61(43-52-24-14-9-15-25-52)109-74(124)60(42-51-22-12-8-13-23-51)108-75(125)62(44-53-32-37-96-38-33-53)107-72(122)55(27-17-35-98-84(92)93)103-79(129)65-29-19-39-113(65)81(131)64(46-114)100-49(4)116/h32-33,37-38,47-48,50-52,54-65,68,114-115H,7-31,34-36,39-46H2,1-6H3,(H2,87,117)(H2,88,118)(H2,89,119)(H,100,116)(H,101,123)(H,102,120)(H,103,129)(H,104,130)(H,105,121)(H,106,127)(H,107,122)(H,108,125)(H,109,124)(H,110,126)(H,111,132)(H,112,128)(H4,90,91,97)(H4,92,93,98)(H4,94,95,99)/t48-,54+,55+,56+,57+,58+,59+,60+,61+,62+,63+,64+,65-,68+/m1/s1. The van der Waals surface area contributed by atoms with Crippen LogP contribution in [0.3, 0.4) is 0 Å². The number of hydrogen-bond acceptors (Lipinski definition) is 23. The number of nitrogens with two attached hydrogens (primary N) is 9. The maximum Gasteiger partial charge on any atom is 0.248 e. The van der Waals surface area contributed by atoms with Gasteiger partial charge in [0.15, 0.2) is 17.9 Å². The lowest BCUT2D eigenvalue weighted by molar-refractivity contribution is -0.143. The molecule has 1 aromatic rings. The molecule has 5 rings (SSSR count). The van der Waals surface area contributed by atoms with Crippen molar-refractivity contribution in [1.82, 2.24) is 79.0 Å². The van der Waals surface area contributed by atoms with Crippen molar-refractivity contribution in [2.24, 2.45) is 90.3 Å². The van der Waals surface area contributed by atoms with Crippen molar-refractivity contribution in [2.45, 2.75) is 331 Å². The van der Waals surface area contributed by atoms with Crippen LogP contribution < -0.4 is 121 Å². The summed E-state index contributed by atoms with van der Waals surface area (Å²) in [5.41, 5.74) is 49.0. The quantitative estimate of drug-likeness (QED) is 0.0164. The monoisotopic (exact) mass is 1860 g/mol. The number of aromatic nitrogens is 1. The van der Waals surface area contributed by atoms with E-state index in [0.29, 0.717) is 37.7 Å². The number of pyridine rings is 1. The van der Waals surface area contributed by atoms with E-state index in [1.54, 1.807) is 26.0 Å². The van der Waals surface area contributed by atoms with Crippen LogP contribution >= 0.6 is 0 Å². The lowest BCUT2D eigenvalue weighted by atomic mass is 9.83. The molecule has 738 valence electrons. The van der Waals surface area contributed by atoms with Crippen LogP contribution in [-0.2, 0) is 87.9 Å². The summed E-state index contributed by atoms with van der Waals surface area (Å²) in [6.45, 7) is 7.39. The zero-order valence-electron chi connectivity index (χ0n) is 76.9. The fourth-order valence-electron chi connectivity index (χ4n) is 16.7. The Morgan fingerprint density at radius 1 is 0.439 bits per heavy atom. The van der Waals surface area contributed by atoms with Gasteiger partial charge in [-0.15, -0.1) is 0 Å². The minimum absolute atomic E-state index is 0.00763. The average molecular weight is 1860 g/mol. The molecule has 4 aliphatic rings. The number of aliphatic hydroxyl groups is 2. The number of likely N-dealkylation sites (tertiary alicyclic amines) is 1. The van der Waals surface area contributed by atoms with Crippen LogP contribution in [-0.4, -0.2) is 261 Å². The van der Waals surface area contributed by atoms with E-state index in [0.717, 1.165) is 84.5 Å². The molecule has 46 nitrogen and oxygen atoms in total. The number of guanidine groups is 3. The fraction of sp³-hybridized carbons (Fsp3) is 0.709. The summed E-state index contributed by atoms with van der Waals surface area (Å²) in [7, 11) is 0. The van der Waals surface area contributed by atoms with Crippen molar-refractivity contribution in [3.05, 3.63) is 30.1 Å². The van der Waals surface area contributed by atoms with Gasteiger partial charge in [-0.2, -0.15) is 0 Å². The fourth-order valence-corrected chi connectivity index (χ4v) is 16.7. The van der Waals surface area contributed by atoms with E-state index < -0.39 is 222 Å². The van der Waals surface area contributed by atoms with Gasteiger partial charge in [0.25, 0.3) is 0 Å². The van der Waals surface area contributed by atoms with Crippen molar-refractivity contribution in [2.75, 3.05) is 32.8 Å². The Labute approximate surface area is 769 Å². The second kappa shape index (κ2) is 56.6. The summed E-state index contributed by atoms with van der Waals surface area (Å²) in [4.78, 5) is 257. The van der Waals surface area contributed by atoms with Crippen LogP contribution in [0.4, 0.5) is 0 Å². The predicted molar refractivity (Wildman–Crippen MR) is 487 cm³/mol. The van der Waals surface area contributed by atoms with Crippen molar-refractivity contribution in [1.29, 1.82) is 0 Å². The number of carbonyl (C=O) groups excluding carboxylic acids is 17. The third-order valence-electron chi connectivity index (χ3n) is 23.8. The first-order chi connectivity index (χ1) is 62.4. The molecule has 3 aliphatic carbocycles. The maximum absolute atomic E-state index is 15.3. The van der Waals surface area contributed by atoms with E-state index in [1.165, 1.54) is 31.1 Å². The summed E-state index contributed by atoms with van der Waals surface area (Å²) in [6, 6.07) is -16.1. The Bertz CT molecular complexity index is 4130. The van der Waals surface area contributed by atoms with Gasteiger partial charge in [0.2, 0.25) is 100 Å². The minimum Gasteiger partial charge on any atom is -0.394 e. The molecule has 17 amide bonds. The number of aliphatic imine (C=N–C) groups is 3. The topological polar surface area (TPSA) is 774 Å². The van der Waals surface area contributed by atoms with Crippen LogP contribution in [0.5, 0.6) is 0 Å². The molecule has 0 radical (unpaired) electrons. The molecule has 3 saturated carbocycles. The Hall–Kier alpha value is -12.1. The Balaban J connectivity index is 1.40. The third kappa shape index (κ3) is 39.9. The highest BCUT2D eigenvalue weighted by molar-refractivity contribution is 6.02. The first-order valence-electron chi connectivity index (χ1n) is 45.9. The molecule has 0 unspecified atom stereocenters. The van der Waals surface area contributed by atoms with Crippen molar-refractivity contribution < 1.29 is 91.7 Å². The highest BCUT2D eigenvalue weighted by atomic mass is 16.3. The predicted octanol–water partition coefficient (Wildman–Crippen LogP) is -5.54. The van der Waals surface area contributed by atoms with Gasteiger partial charge in [-0.1, -0.05) is 110 Å². The van der Waals surface area contributed by atoms with E-state index in [2.05, 4.69) is 89.1 Å². The zero-order chi connectivity index (χ0) is 97.9. The molecule has 0 bridgehead atoms. The van der Waals surface area contributed by atoms with Gasteiger partial charge in [-0.05, 0) is 146 Å². The van der Waals surface area contributed by atoms with E-state index >= 15 is 14.4 Å². The molecule has 0 spiro atoms. The molecule has 46 heteroatoms. The first kappa shape index (κ1) is 110. The molecule has 1 saturated heterocycles. The summed E-state index contributed by atoms with van der Waals surface area (Å²) in [5.74, 6) is -17.0. The van der Waals surface area contributed by atoms with E-state index in [9.17, 15) is 77.3 Å². The van der Waals surface area contributed by atoms with Gasteiger partial charge >= 0.3 is 0 Å². The normalized spacial score (nSPS) is 17.8. The second-order valence-corrected chi connectivity index (χ2v) is 35.9. The van der Waals surface area contributed by atoms with Gasteiger partial charge in [0, 0.05) is 58.3 Å². The number of hydrogen-bond donors (Lipinski definition) is 24. The zero-order valence-corrected chi connectivity index (χ0v) is 76.9. The van der Waals surface area contributed by atoms with Crippen molar-refractivity contribution >= 4 is 118 Å². The Morgan fingerprint density at radius 3 is 1.24 bits per heavy atom. The van der Waals surface area contributed by atoms with E-state index in [-0.39, 0.29) is 139 Å². The van der Waals surface area contributed by atoms with Crippen LogP contribution in [0.15, 0.2) is 39.5 Å². The van der Waals surface area contributed by atoms with Gasteiger partial charge < -0.3 is 136 Å². The highest BCUT2D eigenvalue weighted by Crippen LogP contribution is 2.31. The van der Waals surface area contributed by atoms with Gasteiger partial charge in [0.1, 0.15) is 84.1 Å². The molecule has 1 aliphatic heterocycles. The summed E-state index contributed by atoms with van der Waals surface area (Å²) in [5, 5.41) is 55.3. The summed E-state index contributed by atoms with van der Waals surface area (Å²) in [6.07, 6.45) is 11.7. The van der Waals surface area contributed by atoms with Crippen LogP contribution in [0.2, 0.25) is 0 Å². The van der Waals surface area contributed by atoms with E-state index in [4.69, 9.17) is 51.6 Å². The summed E-state index contributed by atoms with van der Waals surface area (Å²) < 4.78 is 0. The molecule has 132 heavy (non-hydrogen) atoms. The molecular weight excluding hydrogens is 1720 g/mol. The highest BCUT2D eigenvalue weighted by Gasteiger charge is 2.44. The number of rotatable bonds is 56. The summed E-state index contributed by atoms with van der Waals surface area (Å²) >= 11 is 0. The molecule has 1 aromatic heterocycles. The number of nitrogens with one attached hydrogen (secondary N) is 13. The third-order valence-corrected chi connectivity index (χ3v) is 23.8. The van der Waals surface area contributed by atoms with Crippen LogP contribution in [0.25, 0.3) is 0 Å². The van der Waals surface area contributed by atoms with Gasteiger partial charge in [0.05, 0.1) is 19.1 Å². The largest absolute Gasteiger partial charge is 0.394 e. The SMILES string of the molecule is CC(=O)N[C@@H](CO)C(=O)N1CCC[C@@H]1C(=O)N[C@@H](CCCN=C(N)N)C(=O)N[C@@H](Cc1ccncc1)C(=O)N[C@@H](CC1CCCCC1)C(=O)N[C@@H](CC1CCCCC1)C(=O)N[C@@H](CC(N)=O)C(=O)N[C@@H](CC(C)C)C(=O)NC(C)(C)C(=O)N[C@H](C(=O)N[C@@H](CCCN=C(N)N)C(=O)N[C@@H](CCC(N)=O)C(=O)N[C@@H](CCCN=C(N)N)C(=O)N[C@@H](CC1CCCCC1)C(N)=O)[C@@H](C)O. The van der Waals surface area contributed by atoms with Crippen molar-refractivity contribution in [3.8, 4) is 0 Å². The van der Waals surface area contributed by atoms with Gasteiger partial charge in [-0.3, -0.25) is 101 Å². The second-order valence-electron chi connectivity index (χ2n) is 35.9. The number of nitrogens with zero attached hydrogens (tertiary/aromatic N) is 5. The molecular formula is C86H145N27O19. The number of primary amides is 3. The lowest BCUT2D eigenvalue weighted by Crippen LogP contribution is -2.65. The molecule has 0 aromatic carbocycles. The molecule has 33 N–H and O–H groups in total. The smallest absolute Gasteiger partial charge is 0.248 e. The molecule has 14 atom stereocenters. The molecule has 4 fully saturated rings. The maximum atomic E-state index is 15.3. The molecule has 2 heterocycles. The number of amides is 17. The van der Waals surface area contributed by atoms with Gasteiger partial charge in [-0.25, -0.2) is 0 Å². The lowest BCUT2D eigenvalue weighted by Gasteiger charge is -2.32. The average Bonchev–Trinajstić information content (AvgIpc) is 1.66.